The quantitative estimate of drug-likeness (QED) is 0.309. The molecule has 0 aromatic heterocycles. The minimum absolute atomic E-state index is 0.127. The van der Waals surface area contributed by atoms with E-state index in [-0.39, 0.29) is 11.1 Å². The van der Waals surface area contributed by atoms with E-state index >= 15 is 0 Å². The van der Waals surface area contributed by atoms with Gasteiger partial charge in [0, 0.05) is 5.57 Å². The van der Waals surface area contributed by atoms with Gasteiger partial charge in [-0.3, -0.25) is 0 Å². The van der Waals surface area contributed by atoms with E-state index in [0.717, 1.165) is 0 Å². The molecule has 3 N–H and O–H groups in total. The first-order valence-corrected chi connectivity index (χ1v) is 4.04. The van der Waals surface area contributed by atoms with Gasteiger partial charge < -0.3 is 24.8 Å². The van der Waals surface area contributed by atoms with Crippen molar-refractivity contribution in [1.29, 1.82) is 0 Å². The fourth-order valence-corrected chi connectivity index (χ4v) is 0.531. The number of hydrogen-bond acceptors (Lipinski definition) is 7. The summed E-state index contributed by atoms with van der Waals surface area (Å²) in [7, 11) is 0. The second-order valence-corrected chi connectivity index (χ2v) is 2.92. The molecule has 0 aliphatic rings. The zero-order valence-corrected chi connectivity index (χ0v) is 8.60. The van der Waals surface area contributed by atoms with E-state index < -0.39 is 24.7 Å². The molecule has 0 saturated carbocycles. The highest BCUT2D eigenvalue weighted by Crippen LogP contribution is 2.04. The summed E-state index contributed by atoms with van der Waals surface area (Å²) in [4.78, 5) is 21.8. The van der Waals surface area contributed by atoms with Gasteiger partial charge in [-0.05, 0) is 6.92 Å². The van der Waals surface area contributed by atoms with Gasteiger partial charge >= 0.3 is 18.1 Å². The number of hydrogen-bond donors (Lipinski definition) is 3. The van der Waals surface area contributed by atoms with Gasteiger partial charge in [-0.1, -0.05) is 13.2 Å². The Kier molecular flexibility index (Phi) is 4.83. The molecule has 0 spiro atoms. The van der Waals surface area contributed by atoms with Crippen LogP contribution in [-0.4, -0.2) is 40.0 Å². The third-order valence-electron chi connectivity index (χ3n) is 1.24. The Morgan fingerprint density at radius 1 is 1.19 bits per heavy atom. The van der Waals surface area contributed by atoms with Crippen LogP contribution < -0.4 is 0 Å². The molecule has 0 bridgehead atoms. The molecular weight excluding hydrogens is 220 g/mol. The Morgan fingerprint density at radius 2 is 1.69 bits per heavy atom. The summed E-state index contributed by atoms with van der Waals surface area (Å²) in [5.74, 6) is -2.06. The number of aliphatic hydroxyl groups is 3. The lowest BCUT2D eigenvalue weighted by molar-refractivity contribution is -0.434. The van der Waals surface area contributed by atoms with E-state index in [9.17, 15) is 9.59 Å². The minimum Gasteiger partial charge on any atom is -0.457 e. The van der Waals surface area contributed by atoms with Crippen LogP contribution in [0.15, 0.2) is 24.3 Å². The fraction of sp³-hybridized carbons (Fsp3) is 0.333. The van der Waals surface area contributed by atoms with E-state index in [1.54, 1.807) is 0 Å². The number of esters is 2. The van der Waals surface area contributed by atoms with E-state index in [4.69, 9.17) is 15.3 Å². The molecule has 0 fully saturated rings. The normalized spacial score (nSPS) is 10.5. The lowest BCUT2D eigenvalue weighted by atomic mass is 10.3. The van der Waals surface area contributed by atoms with Crippen LogP contribution in [0.4, 0.5) is 0 Å². The zero-order chi connectivity index (χ0) is 12.9. The first-order chi connectivity index (χ1) is 7.13. The van der Waals surface area contributed by atoms with Gasteiger partial charge in [0.15, 0.2) is 0 Å². The maximum Gasteiger partial charge on any atom is 0.455 e. The molecule has 7 nitrogen and oxygen atoms in total. The Labute approximate surface area is 91.2 Å². The molecule has 0 atom stereocenters. The molecule has 0 heterocycles. The SMILES string of the molecule is C=C(C)C(=O)OCC(=C)C(=O)OC(O)(O)O. The van der Waals surface area contributed by atoms with E-state index in [1.165, 1.54) is 6.92 Å². The largest absolute Gasteiger partial charge is 0.457 e. The minimum atomic E-state index is -3.58. The molecule has 90 valence electrons. The summed E-state index contributed by atoms with van der Waals surface area (Å²) in [5.41, 5.74) is -0.252. The molecule has 0 aliphatic carbocycles. The fourth-order valence-electron chi connectivity index (χ4n) is 0.531. The number of carbonyl (C=O) groups is 2. The monoisotopic (exact) mass is 232 g/mol. The first kappa shape index (κ1) is 14.3. The van der Waals surface area contributed by atoms with Gasteiger partial charge in [0.1, 0.15) is 6.61 Å². The summed E-state index contributed by atoms with van der Waals surface area (Å²) in [6, 6.07) is 0. The Balaban J connectivity index is 4.13. The second kappa shape index (κ2) is 5.40. The van der Waals surface area contributed by atoms with E-state index in [2.05, 4.69) is 22.6 Å². The first-order valence-electron chi connectivity index (χ1n) is 4.04. The number of ether oxygens (including phenoxy) is 2. The number of rotatable bonds is 5. The van der Waals surface area contributed by atoms with Crippen LogP contribution >= 0.6 is 0 Å². The van der Waals surface area contributed by atoms with Gasteiger partial charge in [0.2, 0.25) is 0 Å². The van der Waals surface area contributed by atoms with Crippen molar-refractivity contribution >= 4 is 11.9 Å². The summed E-state index contributed by atoms with van der Waals surface area (Å²) >= 11 is 0. The molecule has 0 radical (unpaired) electrons. The zero-order valence-electron chi connectivity index (χ0n) is 8.60. The second-order valence-electron chi connectivity index (χ2n) is 2.92. The van der Waals surface area contributed by atoms with Crippen LogP contribution in [0.3, 0.4) is 0 Å². The van der Waals surface area contributed by atoms with Crippen molar-refractivity contribution in [2.45, 2.75) is 13.1 Å². The Hall–Kier alpha value is -1.70. The van der Waals surface area contributed by atoms with Crippen molar-refractivity contribution in [3.05, 3.63) is 24.3 Å². The van der Waals surface area contributed by atoms with E-state index in [1.807, 2.05) is 0 Å². The Morgan fingerprint density at radius 3 is 2.06 bits per heavy atom. The van der Waals surface area contributed by atoms with Crippen molar-refractivity contribution in [1.82, 2.24) is 0 Å². The summed E-state index contributed by atoms with van der Waals surface area (Å²) in [6.07, 6.45) is -3.58. The van der Waals surface area contributed by atoms with Crippen LogP contribution in [0.5, 0.6) is 0 Å². The van der Waals surface area contributed by atoms with Gasteiger partial charge in [-0.25, -0.2) is 9.59 Å². The average Bonchev–Trinajstić information content (AvgIpc) is 2.10. The molecule has 16 heavy (non-hydrogen) atoms. The van der Waals surface area contributed by atoms with Crippen molar-refractivity contribution in [2.75, 3.05) is 6.61 Å². The van der Waals surface area contributed by atoms with Crippen molar-refractivity contribution in [3.8, 4) is 0 Å². The molecule has 7 heteroatoms. The summed E-state index contributed by atoms with van der Waals surface area (Å²) in [5, 5.41) is 24.9. The maximum atomic E-state index is 10.9. The van der Waals surface area contributed by atoms with Crippen molar-refractivity contribution in [3.63, 3.8) is 0 Å². The molecule has 0 rings (SSSR count). The van der Waals surface area contributed by atoms with Gasteiger partial charge in [0.05, 0.1) is 5.57 Å². The molecule has 0 saturated heterocycles. The Bertz CT molecular complexity index is 323. The van der Waals surface area contributed by atoms with E-state index in [0.29, 0.717) is 0 Å². The molecule has 0 unspecified atom stereocenters. The van der Waals surface area contributed by atoms with Crippen LogP contribution in [-0.2, 0) is 19.1 Å². The van der Waals surface area contributed by atoms with Crippen LogP contribution in [0.25, 0.3) is 0 Å². The predicted octanol–water partition coefficient (Wildman–Crippen LogP) is -1.21. The average molecular weight is 232 g/mol. The standard InChI is InChI=1S/C9H12O7/c1-5(2)7(10)15-4-6(3)8(11)16-9(12,13)14/h12-14H,1,3-4H2,2H3. The molecule has 0 amide bonds. The lowest BCUT2D eigenvalue weighted by Crippen LogP contribution is -2.35. The molecule has 0 aromatic carbocycles. The van der Waals surface area contributed by atoms with Gasteiger partial charge in [-0.15, -0.1) is 0 Å². The summed E-state index contributed by atoms with van der Waals surface area (Å²) < 4.78 is 8.22. The predicted molar refractivity (Wildman–Crippen MR) is 50.4 cm³/mol. The smallest absolute Gasteiger partial charge is 0.455 e. The molecule has 0 aliphatic heterocycles. The lowest BCUT2D eigenvalue weighted by Gasteiger charge is -2.14. The highest BCUT2D eigenvalue weighted by atomic mass is 16.9. The number of carbonyl (C=O) groups excluding carboxylic acids is 2. The molecule has 0 aromatic rings. The topological polar surface area (TPSA) is 113 Å². The third kappa shape index (κ3) is 5.91. The molecular formula is C9H12O7. The van der Waals surface area contributed by atoms with Gasteiger partial charge in [-0.2, -0.15) is 0 Å². The van der Waals surface area contributed by atoms with Crippen LogP contribution in [0.1, 0.15) is 6.92 Å². The van der Waals surface area contributed by atoms with Crippen LogP contribution in [0.2, 0.25) is 0 Å². The highest BCUT2D eigenvalue weighted by molar-refractivity contribution is 5.90. The third-order valence-corrected chi connectivity index (χ3v) is 1.24. The maximum absolute atomic E-state index is 10.9. The van der Waals surface area contributed by atoms with Crippen molar-refractivity contribution < 1.29 is 34.4 Å². The summed E-state index contributed by atoms with van der Waals surface area (Å²) in [6.45, 7) is 7.35. The van der Waals surface area contributed by atoms with Crippen LogP contribution in [0, 0.1) is 0 Å². The van der Waals surface area contributed by atoms with Crippen molar-refractivity contribution in [2.24, 2.45) is 0 Å². The highest BCUT2D eigenvalue weighted by Gasteiger charge is 2.26. The van der Waals surface area contributed by atoms with Gasteiger partial charge in [0.25, 0.3) is 0 Å².